The molecule has 3 nitrogen and oxygen atoms in total. The molecule has 3 N–H and O–H groups in total. The summed E-state index contributed by atoms with van der Waals surface area (Å²) in [6, 6.07) is 6.26. The summed E-state index contributed by atoms with van der Waals surface area (Å²) in [6.45, 7) is 4.07. The van der Waals surface area contributed by atoms with Crippen LogP contribution in [0.15, 0.2) is 18.2 Å². The van der Waals surface area contributed by atoms with Crippen LogP contribution in [0.25, 0.3) is 0 Å². The van der Waals surface area contributed by atoms with Gasteiger partial charge in [-0.05, 0) is 44.7 Å². The van der Waals surface area contributed by atoms with Gasteiger partial charge in [0.2, 0.25) is 5.91 Å². The Kier molecular flexibility index (Phi) is 3.48. The van der Waals surface area contributed by atoms with Crippen LogP contribution in [0.1, 0.15) is 30.4 Å². The highest BCUT2D eigenvalue weighted by Crippen LogP contribution is 2.26. The van der Waals surface area contributed by atoms with E-state index in [4.69, 9.17) is 5.73 Å². The number of anilines is 1. The molecule has 0 radical (unpaired) electrons. The largest absolute Gasteiger partial charge is 0.328 e. The monoisotopic (exact) mass is 232 g/mol. The van der Waals surface area contributed by atoms with Gasteiger partial charge in [0.05, 0.1) is 0 Å². The van der Waals surface area contributed by atoms with E-state index in [0.717, 1.165) is 30.5 Å². The van der Waals surface area contributed by atoms with Crippen LogP contribution in [0, 0.1) is 19.8 Å². The van der Waals surface area contributed by atoms with Crippen molar-refractivity contribution in [1.29, 1.82) is 0 Å². The smallest absolute Gasteiger partial charge is 0.227 e. The highest BCUT2D eigenvalue weighted by molar-refractivity contribution is 5.93. The summed E-state index contributed by atoms with van der Waals surface area (Å²) in [5.74, 6) is 0.204. The van der Waals surface area contributed by atoms with E-state index in [1.54, 1.807) is 0 Å². The summed E-state index contributed by atoms with van der Waals surface area (Å²) in [4.78, 5) is 12.0. The average Bonchev–Trinajstić information content (AvgIpc) is 2.69. The van der Waals surface area contributed by atoms with Gasteiger partial charge >= 0.3 is 0 Å². The Morgan fingerprint density at radius 1 is 1.35 bits per heavy atom. The van der Waals surface area contributed by atoms with Crippen molar-refractivity contribution >= 4 is 11.6 Å². The molecule has 1 aliphatic rings. The summed E-state index contributed by atoms with van der Waals surface area (Å²) in [5, 5.41) is 3.01. The number of carbonyl (C=O) groups excluding carboxylic acids is 1. The summed E-state index contributed by atoms with van der Waals surface area (Å²) in [5.41, 5.74) is 9.07. The van der Waals surface area contributed by atoms with Gasteiger partial charge in [-0.25, -0.2) is 0 Å². The molecule has 0 spiro atoms. The Morgan fingerprint density at radius 2 is 2.12 bits per heavy atom. The summed E-state index contributed by atoms with van der Waals surface area (Å²) in [7, 11) is 0. The fourth-order valence-electron chi connectivity index (χ4n) is 2.44. The maximum atomic E-state index is 12.0. The minimum absolute atomic E-state index is 0.0886. The third-order valence-corrected chi connectivity index (χ3v) is 3.48. The first kappa shape index (κ1) is 12.1. The lowest BCUT2D eigenvalue weighted by Gasteiger charge is -2.13. The van der Waals surface area contributed by atoms with E-state index in [0.29, 0.717) is 0 Å². The van der Waals surface area contributed by atoms with E-state index in [1.165, 1.54) is 5.56 Å². The molecule has 1 amide bonds. The van der Waals surface area contributed by atoms with Crippen molar-refractivity contribution in [2.24, 2.45) is 11.7 Å². The molecule has 0 bridgehead atoms. The number of rotatable bonds is 2. The number of aryl methyl sites for hydroxylation is 2. The number of carbonyl (C=O) groups is 1. The van der Waals surface area contributed by atoms with Crippen LogP contribution in [-0.2, 0) is 4.79 Å². The van der Waals surface area contributed by atoms with Crippen molar-refractivity contribution in [2.45, 2.75) is 39.2 Å². The Balaban J connectivity index is 2.03. The van der Waals surface area contributed by atoms with Crippen LogP contribution >= 0.6 is 0 Å². The van der Waals surface area contributed by atoms with Crippen LogP contribution in [0.5, 0.6) is 0 Å². The molecule has 1 fully saturated rings. The van der Waals surface area contributed by atoms with Crippen LogP contribution < -0.4 is 11.1 Å². The topological polar surface area (TPSA) is 55.1 Å². The van der Waals surface area contributed by atoms with E-state index < -0.39 is 0 Å². The molecule has 2 unspecified atom stereocenters. The highest BCUT2D eigenvalue weighted by Gasteiger charge is 2.27. The SMILES string of the molecule is Cc1ccc(NC(=O)C2CCC(N)C2)c(C)c1. The van der Waals surface area contributed by atoms with Crippen molar-refractivity contribution in [3.63, 3.8) is 0 Å². The number of nitrogens with two attached hydrogens (primary N) is 1. The van der Waals surface area contributed by atoms with Gasteiger partial charge in [-0.2, -0.15) is 0 Å². The standard InChI is InChI=1S/C14H20N2O/c1-9-3-6-13(10(2)7-9)16-14(17)11-4-5-12(15)8-11/h3,6-7,11-12H,4-5,8,15H2,1-2H3,(H,16,17). The molecule has 92 valence electrons. The zero-order chi connectivity index (χ0) is 12.4. The minimum Gasteiger partial charge on any atom is -0.328 e. The molecule has 2 rings (SSSR count). The normalized spacial score (nSPS) is 23.7. The molecule has 0 heterocycles. The number of benzene rings is 1. The fourth-order valence-corrected chi connectivity index (χ4v) is 2.44. The van der Waals surface area contributed by atoms with E-state index in [9.17, 15) is 4.79 Å². The second kappa shape index (κ2) is 4.88. The van der Waals surface area contributed by atoms with Gasteiger partial charge in [0.1, 0.15) is 0 Å². The second-order valence-electron chi connectivity index (χ2n) is 5.08. The lowest BCUT2D eigenvalue weighted by atomic mass is 10.1. The van der Waals surface area contributed by atoms with Gasteiger partial charge in [-0.3, -0.25) is 4.79 Å². The predicted molar refractivity (Wildman–Crippen MR) is 69.9 cm³/mol. The first-order chi connectivity index (χ1) is 8.06. The number of hydrogen-bond donors (Lipinski definition) is 2. The van der Waals surface area contributed by atoms with E-state index in [-0.39, 0.29) is 17.9 Å². The molecule has 1 aliphatic carbocycles. The Labute approximate surface area is 102 Å². The van der Waals surface area contributed by atoms with Crippen molar-refractivity contribution in [3.05, 3.63) is 29.3 Å². The zero-order valence-corrected chi connectivity index (χ0v) is 10.5. The summed E-state index contributed by atoms with van der Waals surface area (Å²) >= 11 is 0. The Morgan fingerprint density at radius 3 is 2.71 bits per heavy atom. The van der Waals surface area contributed by atoms with Crippen molar-refractivity contribution in [2.75, 3.05) is 5.32 Å². The third kappa shape index (κ3) is 2.86. The van der Waals surface area contributed by atoms with Crippen molar-refractivity contribution in [3.8, 4) is 0 Å². The Bertz CT molecular complexity index is 428. The molecule has 1 aromatic carbocycles. The molecule has 1 aromatic rings. The first-order valence-electron chi connectivity index (χ1n) is 6.20. The molecule has 17 heavy (non-hydrogen) atoms. The Hall–Kier alpha value is -1.35. The van der Waals surface area contributed by atoms with E-state index in [1.807, 2.05) is 19.1 Å². The van der Waals surface area contributed by atoms with Gasteiger partial charge in [0.25, 0.3) is 0 Å². The first-order valence-corrected chi connectivity index (χ1v) is 6.20. The lowest BCUT2D eigenvalue weighted by Crippen LogP contribution is -2.23. The van der Waals surface area contributed by atoms with Crippen LogP contribution in [0.2, 0.25) is 0 Å². The maximum absolute atomic E-state index is 12.0. The quantitative estimate of drug-likeness (QED) is 0.822. The zero-order valence-electron chi connectivity index (χ0n) is 10.5. The van der Waals surface area contributed by atoms with Gasteiger partial charge < -0.3 is 11.1 Å². The molecule has 3 heteroatoms. The molecule has 1 saturated carbocycles. The number of hydrogen-bond acceptors (Lipinski definition) is 2. The van der Waals surface area contributed by atoms with Crippen LogP contribution in [0.4, 0.5) is 5.69 Å². The third-order valence-electron chi connectivity index (χ3n) is 3.48. The maximum Gasteiger partial charge on any atom is 0.227 e. The summed E-state index contributed by atoms with van der Waals surface area (Å²) in [6.07, 6.45) is 2.69. The average molecular weight is 232 g/mol. The van der Waals surface area contributed by atoms with E-state index in [2.05, 4.69) is 18.3 Å². The van der Waals surface area contributed by atoms with Crippen LogP contribution in [0.3, 0.4) is 0 Å². The van der Waals surface area contributed by atoms with E-state index >= 15 is 0 Å². The molecular formula is C14H20N2O. The van der Waals surface area contributed by atoms with Gasteiger partial charge in [0, 0.05) is 17.6 Å². The molecule has 2 atom stereocenters. The minimum atomic E-state index is 0.0886. The predicted octanol–water partition coefficient (Wildman–Crippen LogP) is 2.37. The van der Waals surface area contributed by atoms with Gasteiger partial charge in [0.15, 0.2) is 0 Å². The molecular weight excluding hydrogens is 212 g/mol. The fraction of sp³-hybridized carbons (Fsp3) is 0.500. The number of amides is 1. The lowest BCUT2D eigenvalue weighted by molar-refractivity contribution is -0.119. The molecule has 0 aromatic heterocycles. The van der Waals surface area contributed by atoms with Gasteiger partial charge in [-0.15, -0.1) is 0 Å². The molecule has 0 saturated heterocycles. The molecule has 0 aliphatic heterocycles. The van der Waals surface area contributed by atoms with Crippen molar-refractivity contribution in [1.82, 2.24) is 0 Å². The second-order valence-corrected chi connectivity index (χ2v) is 5.08. The number of nitrogens with one attached hydrogen (secondary N) is 1. The van der Waals surface area contributed by atoms with Crippen molar-refractivity contribution < 1.29 is 4.79 Å². The van der Waals surface area contributed by atoms with Crippen LogP contribution in [-0.4, -0.2) is 11.9 Å². The highest BCUT2D eigenvalue weighted by atomic mass is 16.1. The van der Waals surface area contributed by atoms with Gasteiger partial charge in [-0.1, -0.05) is 17.7 Å². The summed E-state index contributed by atoms with van der Waals surface area (Å²) < 4.78 is 0.